The van der Waals surface area contributed by atoms with Gasteiger partial charge >= 0.3 is 0 Å². The third kappa shape index (κ3) is 5.41. The molecule has 2 amide bonds. The summed E-state index contributed by atoms with van der Waals surface area (Å²) in [6, 6.07) is 7.94. The number of amides is 2. The average Bonchev–Trinajstić information content (AvgIpc) is 3.30. The molecule has 8 heteroatoms. The molecule has 2 N–H and O–H groups in total. The van der Waals surface area contributed by atoms with Gasteiger partial charge in [0, 0.05) is 42.0 Å². The summed E-state index contributed by atoms with van der Waals surface area (Å²) in [5.41, 5.74) is 6.19. The number of carbonyl (C=O) groups is 2. The number of hydrogen-bond acceptors (Lipinski definition) is 5. The zero-order chi connectivity index (χ0) is 26.9. The van der Waals surface area contributed by atoms with Crippen LogP contribution in [-0.4, -0.2) is 64.9 Å². The lowest BCUT2D eigenvalue weighted by Crippen LogP contribution is -2.53. The fourth-order valence-electron chi connectivity index (χ4n) is 6.20. The molecule has 7 nitrogen and oxygen atoms in total. The lowest BCUT2D eigenvalue weighted by molar-refractivity contribution is -0.126. The lowest BCUT2D eigenvalue weighted by atomic mass is 9.70. The number of halogens is 1. The van der Waals surface area contributed by atoms with Crippen molar-refractivity contribution in [2.45, 2.75) is 64.3 Å². The number of likely N-dealkylation sites (tertiary alicyclic amines) is 2. The van der Waals surface area contributed by atoms with E-state index in [-0.39, 0.29) is 11.5 Å². The summed E-state index contributed by atoms with van der Waals surface area (Å²) in [5, 5.41) is 0. The second kappa shape index (κ2) is 10.6. The molecule has 1 saturated carbocycles. The number of aromatic nitrogens is 1. The monoisotopic (exact) mass is 522 g/mol. The van der Waals surface area contributed by atoms with Crippen molar-refractivity contribution in [3.63, 3.8) is 0 Å². The van der Waals surface area contributed by atoms with Crippen LogP contribution in [0, 0.1) is 17.2 Å². The van der Waals surface area contributed by atoms with E-state index < -0.39 is 17.3 Å². The first-order chi connectivity index (χ1) is 18.2. The summed E-state index contributed by atoms with van der Waals surface area (Å²) in [6.45, 7) is 8.63. The quantitative estimate of drug-likeness (QED) is 0.545. The predicted molar refractivity (Wildman–Crippen MR) is 144 cm³/mol. The highest BCUT2D eigenvalue weighted by molar-refractivity contribution is 5.99. The van der Waals surface area contributed by atoms with Crippen molar-refractivity contribution in [3.8, 4) is 17.0 Å². The van der Waals surface area contributed by atoms with Crippen molar-refractivity contribution >= 4 is 11.8 Å². The first-order valence-corrected chi connectivity index (χ1v) is 13.9. The van der Waals surface area contributed by atoms with Gasteiger partial charge in [-0.05, 0) is 88.1 Å². The first kappa shape index (κ1) is 26.6. The van der Waals surface area contributed by atoms with Gasteiger partial charge in [-0.25, -0.2) is 9.37 Å². The lowest BCUT2D eigenvalue weighted by Gasteiger charge is -2.44. The van der Waals surface area contributed by atoms with Crippen molar-refractivity contribution < 1.29 is 18.7 Å². The van der Waals surface area contributed by atoms with Crippen LogP contribution in [0.15, 0.2) is 36.5 Å². The minimum absolute atomic E-state index is 0.196. The summed E-state index contributed by atoms with van der Waals surface area (Å²) in [5.74, 6) is -0.396. The van der Waals surface area contributed by atoms with Gasteiger partial charge < -0.3 is 20.3 Å². The molecule has 0 radical (unpaired) electrons. The SMILES string of the molecule is CC1(CN2CCC(COc3ccc(-c4ccc(C(=O)N5CCC[C@@]5(C)C(N)=O)cc4F)cn3)CC2)CCC1. The van der Waals surface area contributed by atoms with Crippen LogP contribution in [-0.2, 0) is 4.79 Å². The predicted octanol–water partition coefficient (Wildman–Crippen LogP) is 4.65. The van der Waals surface area contributed by atoms with Crippen LogP contribution >= 0.6 is 0 Å². The van der Waals surface area contributed by atoms with Crippen molar-refractivity contribution in [2.75, 3.05) is 32.8 Å². The van der Waals surface area contributed by atoms with Gasteiger partial charge in [-0.2, -0.15) is 0 Å². The highest BCUT2D eigenvalue weighted by Gasteiger charge is 2.44. The maximum absolute atomic E-state index is 15.1. The summed E-state index contributed by atoms with van der Waals surface area (Å²) < 4.78 is 21.0. The van der Waals surface area contributed by atoms with Gasteiger partial charge in [0.25, 0.3) is 5.91 Å². The number of nitrogens with two attached hydrogens (primary N) is 1. The van der Waals surface area contributed by atoms with Gasteiger partial charge in [0.15, 0.2) is 0 Å². The van der Waals surface area contributed by atoms with E-state index in [0.29, 0.717) is 54.3 Å². The molecule has 38 heavy (non-hydrogen) atoms. The van der Waals surface area contributed by atoms with Gasteiger partial charge in [-0.1, -0.05) is 19.4 Å². The Bertz CT molecular complexity index is 1170. The third-order valence-corrected chi connectivity index (χ3v) is 9.02. The Hall–Kier alpha value is -3.00. The van der Waals surface area contributed by atoms with Crippen LogP contribution in [0.4, 0.5) is 4.39 Å². The number of rotatable bonds is 8. The fourth-order valence-corrected chi connectivity index (χ4v) is 6.20. The Labute approximate surface area is 224 Å². The standard InChI is InChI=1S/C30H39FN4O3/c1-29(11-3-12-29)20-34-15-9-21(10-16-34)19-38-26-8-6-23(18-33-26)24-7-5-22(17-25(24)31)27(36)35-14-4-13-30(35,2)28(32)37/h5-8,17-18,21H,3-4,9-16,19-20H2,1-2H3,(H2,32,37)/t30-/m0/s1. The van der Waals surface area contributed by atoms with Gasteiger partial charge in [0.05, 0.1) is 6.61 Å². The van der Waals surface area contributed by atoms with Crippen LogP contribution < -0.4 is 10.5 Å². The number of nitrogens with zero attached hydrogens (tertiary/aromatic N) is 3. The van der Waals surface area contributed by atoms with Crippen molar-refractivity contribution in [1.29, 1.82) is 0 Å². The molecule has 2 saturated heterocycles. The van der Waals surface area contributed by atoms with Crippen LogP contribution in [0.2, 0.25) is 0 Å². The molecule has 1 aromatic heterocycles. The molecule has 2 aromatic rings. The number of hydrogen-bond donors (Lipinski definition) is 1. The molecule has 3 aliphatic rings. The molecule has 5 rings (SSSR count). The molecule has 3 fully saturated rings. The van der Waals surface area contributed by atoms with Gasteiger partial charge in [-0.15, -0.1) is 0 Å². The van der Waals surface area contributed by atoms with Crippen molar-refractivity contribution in [2.24, 2.45) is 17.1 Å². The maximum atomic E-state index is 15.1. The van der Waals surface area contributed by atoms with E-state index in [0.717, 1.165) is 25.9 Å². The minimum atomic E-state index is -1.04. The highest BCUT2D eigenvalue weighted by atomic mass is 19.1. The Morgan fingerprint density at radius 2 is 1.84 bits per heavy atom. The van der Waals surface area contributed by atoms with Gasteiger partial charge in [0.2, 0.25) is 11.8 Å². The van der Waals surface area contributed by atoms with E-state index in [9.17, 15) is 9.59 Å². The number of primary amides is 1. The minimum Gasteiger partial charge on any atom is -0.477 e. The molecule has 0 unspecified atom stereocenters. The van der Waals surface area contributed by atoms with Crippen LogP contribution in [0.25, 0.3) is 11.1 Å². The first-order valence-electron chi connectivity index (χ1n) is 13.9. The van der Waals surface area contributed by atoms with Crippen LogP contribution in [0.5, 0.6) is 5.88 Å². The smallest absolute Gasteiger partial charge is 0.254 e. The molecule has 0 bridgehead atoms. The summed E-state index contributed by atoms with van der Waals surface area (Å²) in [6.07, 6.45) is 9.17. The molecular weight excluding hydrogens is 483 g/mol. The molecule has 1 atom stereocenters. The number of ether oxygens (including phenoxy) is 1. The van der Waals surface area contributed by atoms with E-state index in [1.807, 2.05) is 0 Å². The largest absolute Gasteiger partial charge is 0.477 e. The maximum Gasteiger partial charge on any atom is 0.254 e. The van der Waals surface area contributed by atoms with Gasteiger partial charge in [-0.3, -0.25) is 9.59 Å². The van der Waals surface area contributed by atoms with E-state index >= 15 is 4.39 Å². The molecule has 2 aliphatic heterocycles. The van der Waals surface area contributed by atoms with E-state index in [4.69, 9.17) is 10.5 Å². The zero-order valence-corrected chi connectivity index (χ0v) is 22.5. The van der Waals surface area contributed by atoms with Crippen LogP contribution in [0.3, 0.4) is 0 Å². The summed E-state index contributed by atoms with van der Waals surface area (Å²) in [4.78, 5) is 33.4. The van der Waals surface area contributed by atoms with Gasteiger partial charge in [0.1, 0.15) is 11.4 Å². The van der Waals surface area contributed by atoms with E-state index in [2.05, 4.69) is 16.8 Å². The summed E-state index contributed by atoms with van der Waals surface area (Å²) in [7, 11) is 0. The second-order valence-electron chi connectivity index (χ2n) is 12.0. The molecule has 3 heterocycles. The normalized spacial score (nSPS) is 23.7. The zero-order valence-electron chi connectivity index (χ0n) is 22.5. The van der Waals surface area contributed by atoms with Crippen LogP contribution in [0.1, 0.15) is 69.2 Å². The number of pyridine rings is 1. The Morgan fingerprint density at radius 3 is 2.45 bits per heavy atom. The average molecular weight is 523 g/mol. The highest BCUT2D eigenvalue weighted by Crippen LogP contribution is 2.41. The summed E-state index contributed by atoms with van der Waals surface area (Å²) >= 11 is 0. The van der Waals surface area contributed by atoms with Crippen molar-refractivity contribution in [3.05, 3.63) is 47.9 Å². The number of carbonyl (C=O) groups excluding carboxylic acids is 2. The van der Waals surface area contributed by atoms with E-state index in [1.165, 1.54) is 36.8 Å². The molecule has 204 valence electrons. The topological polar surface area (TPSA) is 88.8 Å². The third-order valence-electron chi connectivity index (χ3n) is 9.02. The fraction of sp³-hybridized carbons (Fsp3) is 0.567. The second-order valence-corrected chi connectivity index (χ2v) is 12.0. The molecule has 0 spiro atoms. The Kier molecular flexibility index (Phi) is 7.45. The molecular formula is C30H39FN4O3. The molecule has 1 aromatic carbocycles. The van der Waals surface area contributed by atoms with E-state index in [1.54, 1.807) is 37.4 Å². The van der Waals surface area contributed by atoms with Crippen molar-refractivity contribution in [1.82, 2.24) is 14.8 Å². The number of benzene rings is 1. The number of piperidine rings is 1. The Balaban J connectivity index is 1.15. The Morgan fingerprint density at radius 1 is 1.08 bits per heavy atom. The molecule has 1 aliphatic carbocycles.